The predicted octanol–water partition coefficient (Wildman–Crippen LogP) is 2.20. The Hall–Kier alpha value is -0.800. The Morgan fingerprint density at radius 2 is 2.07 bits per heavy atom. The van der Waals surface area contributed by atoms with Gasteiger partial charge in [-0.25, -0.2) is 4.39 Å². The van der Waals surface area contributed by atoms with Crippen molar-refractivity contribution in [2.75, 3.05) is 7.11 Å². The van der Waals surface area contributed by atoms with E-state index in [-0.39, 0.29) is 29.5 Å². The molecule has 2 rings (SSSR count). The molecule has 1 fully saturated rings. The van der Waals surface area contributed by atoms with Crippen LogP contribution in [0.1, 0.15) is 18.4 Å². The number of nitrogens with two attached hydrogens (primary N) is 1. The number of methoxy groups -OCH3 is 1. The van der Waals surface area contributed by atoms with Gasteiger partial charge < -0.3 is 10.5 Å². The first-order chi connectivity index (χ1) is 6.15. The van der Waals surface area contributed by atoms with E-state index in [0.717, 1.165) is 18.4 Å². The van der Waals surface area contributed by atoms with Gasteiger partial charge in [0.05, 0.1) is 7.11 Å². The second kappa shape index (κ2) is 3.75. The van der Waals surface area contributed by atoms with Crippen molar-refractivity contribution in [3.05, 3.63) is 29.6 Å². The van der Waals surface area contributed by atoms with Crippen molar-refractivity contribution in [1.29, 1.82) is 0 Å². The third kappa shape index (κ3) is 1.83. The van der Waals surface area contributed by atoms with Crippen LogP contribution in [0.2, 0.25) is 0 Å². The Morgan fingerprint density at radius 3 is 2.50 bits per heavy atom. The van der Waals surface area contributed by atoms with Crippen LogP contribution in [0.15, 0.2) is 18.2 Å². The zero-order chi connectivity index (χ0) is 9.47. The molecule has 1 aliphatic rings. The van der Waals surface area contributed by atoms with Gasteiger partial charge in [-0.3, -0.25) is 0 Å². The van der Waals surface area contributed by atoms with E-state index < -0.39 is 0 Å². The fraction of sp³-hybridized carbons (Fsp3) is 0.400. The van der Waals surface area contributed by atoms with Crippen molar-refractivity contribution in [3.8, 4) is 5.75 Å². The van der Waals surface area contributed by atoms with Crippen molar-refractivity contribution in [2.45, 2.75) is 18.4 Å². The number of ether oxygens (including phenoxy) is 1. The summed E-state index contributed by atoms with van der Waals surface area (Å²) < 4.78 is 18.0. The topological polar surface area (TPSA) is 35.2 Å². The zero-order valence-corrected chi connectivity index (χ0v) is 8.73. The lowest BCUT2D eigenvalue weighted by molar-refractivity contribution is 0.385. The third-order valence-corrected chi connectivity index (χ3v) is 2.52. The van der Waals surface area contributed by atoms with Crippen molar-refractivity contribution in [2.24, 2.45) is 5.73 Å². The fourth-order valence-corrected chi connectivity index (χ4v) is 1.40. The Labute approximate surface area is 88.7 Å². The first-order valence-corrected chi connectivity index (χ1v) is 4.29. The lowest BCUT2D eigenvalue weighted by Crippen LogP contribution is -2.18. The summed E-state index contributed by atoms with van der Waals surface area (Å²) in [7, 11) is 1.45. The van der Waals surface area contributed by atoms with Gasteiger partial charge in [-0.2, -0.15) is 0 Å². The monoisotopic (exact) mass is 217 g/mol. The van der Waals surface area contributed by atoms with Crippen LogP contribution in [-0.4, -0.2) is 7.11 Å². The predicted molar refractivity (Wildman–Crippen MR) is 55.3 cm³/mol. The van der Waals surface area contributed by atoms with Gasteiger partial charge in [0.25, 0.3) is 0 Å². The first-order valence-electron chi connectivity index (χ1n) is 4.29. The molecule has 2 N–H and O–H groups in total. The lowest BCUT2D eigenvalue weighted by Gasteiger charge is -2.10. The Bertz CT molecular complexity index is 339. The summed E-state index contributed by atoms with van der Waals surface area (Å²) >= 11 is 0. The molecule has 0 atom stereocenters. The normalized spacial score (nSPS) is 17.1. The second-order valence-corrected chi connectivity index (χ2v) is 3.51. The molecule has 4 heteroatoms. The summed E-state index contributed by atoms with van der Waals surface area (Å²) in [5.74, 6) is -0.0651. The number of halogens is 2. The summed E-state index contributed by atoms with van der Waals surface area (Å²) in [6.45, 7) is 0. The summed E-state index contributed by atoms with van der Waals surface area (Å²) in [6.07, 6.45) is 1.89. The van der Waals surface area contributed by atoms with Crippen molar-refractivity contribution < 1.29 is 9.13 Å². The number of hydrogen-bond acceptors (Lipinski definition) is 2. The SMILES string of the molecule is COc1ccc(C2(N)CC2)cc1F.Cl. The van der Waals surface area contributed by atoms with E-state index in [9.17, 15) is 4.39 Å². The maximum Gasteiger partial charge on any atom is 0.165 e. The van der Waals surface area contributed by atoms with Crippen LogP contribution in [-0.2, 0) is 5.54 Å². The van der Waals surface area contributed by atoms with Crippen LogP contribution < -0.4 is 10.5 Å². The van der Waals surface area contributed by atoms with E-state index in [1.807, 2.05) is 6.07 Å². The summed E-state index contributed by atoms with van der Waals surface area (Å²) in [4.78, 5) is 0. The standard InChI is InChI=1S/C10H12FNO.ClH/c1-13-9-3-2-7(6-8(9)11)10(12)4-5-10;/h2-3,6H,4-5,12H2,1H3;1H. The molecule has 0 aliphatic heterocycles. The quantitative estimate of drug-likeness (QED) is 0.825. The number of rotatable bonds is 2. The minimum absolute atomic E-state index is 0. The Kier molecular flexibility index (Phi) is 3.02. The maximum absolute atomic E-state index is 13.2. The maximum atomic E-state index is 13.2. The molecule has 1 saturated carbocycles. The highest BCUT2D eigenvalue weighted by Gasteiger charge is 2.40. The van der Waals surface area contributed by atoms with Crippen LogP contribution >= 0.6 is 12.4 Å². The van der Waals surface area contributed by atoms with Gasteiger partial charge in [0.2, 0.25) is 0 Å². The van der Waals surface area contributed by atoms with Crippen LogP contribution in [0.5, 0.6) is 5.75 Å². The molecule has 0 radical (unpaired) electrons. The highest BCUT2D eigenvalue weighted by molar-refractivity contribution is 5.85. The van der Waals surface area contributed by atoms with Crippen LogP contribution in [0.3, 0.4) is 0 Å². The molecule has 0 spiro atoms. The minimum Gasteiger partial charge on any atom is -0.494 e. The van der Waals surface area contributed by atoms with Gasteiger partial charge in [-0.15, -0.1) is 12.4 Å². The largest absolute Gasteiger partial charge is 0.494 e. The van der Waals surface area contributed by atoms with Gasteiger partial charge in [-0.1, -0.05) is 6.07 Å². The van der Waals surface area contributed by atoms with Gasteiger partial charge >= 0.3 is 0 Å². The molecule has 1 aromatic rings. The van der Waals surface area contributed by atoms with E-state index >= 15 is 0 Å². The van der Waals surface area contributed by atoms with E-state index in [2.05, 4.69) is 0 Å². The minimum atomic E-state index is -0.336. The van der Waals surface area contributed by atoms with Gasteiger partial charge in [0.15, 0.2) is 11.6 Å². The molecule has 2 nitrogen and oxygen atoms in total. The van der Waals surface area contributed by atoms with Gasteiger partial charge in [0.1, 0.15) is 0 Å². The average Bonchev–Trinajstić information content (AvgIpc) is 2.85. The van der Waals surface area contributed by atoms with E-state index in [4.69, 9.17) is 10.5 Å². The molecular weight excluding hydrogens is 205 g/mol. The fourth-order valence-electron chi connectivity index (χ4n) is 1.40. The molecular formula is C10H13ClFNO. The highest BCUT2D eigenvalue weighted by atomic mass is 35.5. The Morgan fingerprint density at radius 1 is 1.43 bits per heavy atom. The molecule has 0 saturated heterocycles. The lowest BCUT2D eigenvalue weighted by atomic mass is 10.1. The molecule has 14 heavy (non-hydrogen) atoms. The van der Waals surface area contributed by atoms with Crippen molar-refractivity contribution in [1.82, 2.24) is 0 Å². The van der Waals surface area contributed by atoms with E-state index in [1.165, 1.54) is 13.2 Å². The molecule has 0 amide bonds. The van der Waals surface area contributed by atoms with Gasteiger partial charge in [0, 0.05) is 5.54 Å². The Balaban J connectivity index is 0.000000980. The molecule has 1 aliphatic carbocycles. The molecule has 0 heterocycles. The molecule has 1 aromatic carbocycles. The zero-order valence-electron chi connectivity index (χ0n) is 7.92. The highest BCUT2D eigenvalue weighted by Crippen LogP contribution is 2.43. The van der Waals surface area contributed by atoms with Crippen LogP contribution in [0, 0.1) is 5.82 Å². The van der Waals surface area contributed by atoms with Crippen molar-refractivity contribution >= 4 is 12.4 Å². The molecule has 0 aromatic heterocycles. The van der Waals surface area contributed by atoms with E-state index in [1.54, 1.807) is 6.07 Å². The molecule has 0 bridgehead atoms. The summed E-state index contributed by atoms with van der Waals surface area (Å²) in [5.41, 5.74) is 6.52. The van der Waals surface area contributed by atoms with Crippen LogP contribution in [0.25, 0.3) is 0 Å². The van der Waals surface area contributed by atoms with Crippen LogP contribution in [0.4, 0.5) is 4.39 Å². The molecule has 78 valence electrons. The molecule has 0 unspecified atom stereocenters. The number of hydrogen-bond donors (Lipinski definition) is 1. The average molecular weight is 218 g/mol. The van der Waals surface area contributed by atoms with Gasteiger partial charge in [-0.05, 0) is 30.5 Å². The van der Waals surface area contributed by atoms with E-state index in [0.29, 0.717) is 0 Å². The van der Waals surface area contributed by atoms with Crippen molar-refractivity contribution in [3.63, 3.8) is 0 Å². The summed E-state index contributed by atoms with van der Waals surface area (Å²) in [6, 6.07) is 4.92. The first kappa shape index (κ1) is 11.3. The smallest absolute Gasteiger partial charge is 0.165 e. The summed E-state index contributed by atoms with van der Waals surface area (Å²) in [5, 5.41) is 0. The third-order valence-electron chi connectivity index (χ3n) is 2.52. The number of benzene rings is 1. The second-order valence-electron chi connectivity index (χ2n) is 3.51.